The second-order valence-corrected chi connectivity index (χ2v) is 13.6. The predicted molar refractivity (Wildman–Crippen MR) is 85.3 cm³/mol. The topological polar surface area (TPSA) is 105 Å². The molecular formula is C16H28O8Zr. The van der Waals surface area contributed by atoms with Crippen molar-refractivity contribution < 1.29 is 55.4 Å². The van der Waals surface area contributed by atoms with Gasteiger partial charge in [-0.2, -0.15) is 0 Å². The van der Waals surface area contributed by atoms with Gasteiger partial charge in [0.25, 0.3) is 0 Å². The molecule has 0 aromatic rings. The van der Waals surface area contributed by atoms with Crippen LogP contribution < -0.4 is 0 Å². The van der Waals surface area contributed by atoms with Crippen LogP contribution in [-0.4, -0.2) is 49.9 Å². The molecule has 0 N–H and O–H groups in total. The summed E-state index contributed by atoms with van der Waals surface area (Å²) in [5, 5.41) is 0. The fraction of sp³-hybridized carbons (Fsp3) is 0.750. The first-order chi connectivity index (χ1) is 11.5. The molecule has 0 rings (SSSR count). The summed E-state index contributed by atoms with van der Waals surface area (Å²) < 4.78 is 20.7. The van der Waals surface area contributed by atoms with Crippen LogP contribution in [0.15, 0.2) is 0 Å². The van der Waals surface area contributed by atoms with Crippen LogP contribution in [0.4, 0.5) is 0 Å². The van der Waals surface area contributed by atoms with Crippen molar-refractivity contribution in [2.24, 2.45) is 0 Å². The Morgan fingerprint density at radius 2 is 1.04 bits per heavy atom. The quantitative estimate of drug-likeness (QED) is 0.335. The van der Waals surface area contributed by atoms with Crippen LogP contribution in [0.25, 0.3) is 0 Å². The number of methoxy groups -OCH3 is 2. The molecule has 0 atom stereocenters. The molecule has 0 unspecified atom stereocenters. The molecule has 0 bridgehead atoms. The Bertz CT molecular complexity index is 443. The standard InChI is InChI=1S/2C5H7O3.2C3H7O.Zr/c2*1-4(6)3-5(7)8-2;2*1-3(2)4;/h2*1,3H2,2H3;2*3H,1-2H3;/q;;2*-1;+2. The Balaban J connectivity index is 5.40. The summed E-state index contributed by atoms with van der Waals surface area (Å²) in [7, 11) is 2.39. The van der Waals surface area contributed by atoms with Gasteiger partial charge in [-0.05, 0) is 0 Å². The van der Waals surface area contributed by atoms with Crippen molar-refractivity contribution >= 4 is 23.5 Å². The van der Waals surface area contributed by atoms with Gasteiger partial charge in [-0.25, -0.2) is 0 Å². The van der Waals surface area contributed by atoms with Gasteiger partial charge in [-0.15, -0.1) is 0 Å². The van der Waals surface area contributed by atoms with Gasteiger partial charge >= 0.3 is 154 Å². The second kappa shape index (κ2) is 11.7. The Hall–Kier alpha value is -0.917. The van der Waals surface area contributed by atoms with Gasteiger partial charge < -0.3 is 0 Å². The normalized spacial score (nSPS) is 11.5. The molecule has 0 amide bonds. The summed E-state index contributed by atoms with van der Waals surface area (Å²) in [5.41, 5.74) is 0. The third-order valence-electron chi connectivity index (χ3n) is 2.97. The van der Waals surface area contributed by atoms with E-state index in [4.69, 9.17) is 5.63 Å². The van der Waals surface area contributed by atoms with Crippen LogP contribution in [0.1, 0.15) is 40.5 Å². The van der Waals surface area contributed by atoms with E-state index in [0.717, 1.165) is 0 Å². The van der Waals surface area contributed by atoms with Crippen LogP contribution in [0.5, 0.6) is 0 Å². The van der Waals surface area contributed by atoms with E-state index in [1.807, 2.05) is 0 Å². The first kappa shape index (κ1) is 24.1. The van der Waals surface area contributed by atoms with Crippen LogP contribution in [0.3, 0.4) is 0 Å². The third-order valence-corrected chi connectivity index (χ3v) is 12.0. The fourth-order valence-electron chi connectivity index (χ4n) is 2.31. The fourth-order valence-corrected chi connectivity index (χ4v) is 11.4. The zero-order valence-electron chi connectivity index (χ0n) is 15.7. The average molecular weight is 440 g/mol. The zero-order valence-corrected chi connectivity index (χ0v) is 18.2. The summed E-state index contributed by atoms with van der Waals surface area (Å²) in [6, 6.07) is 0. The number of rotatable bonds is 12. The maximum atomic E-state index is 12.2. The monoisotopic (exact) mass is 438 g/mol. The van der Waals surface area contributed by atoms with Gasteiger partial charge in [0, 0.05) is 0 Å². The SMILES string of the molecule is COC(=O)CC(=O)[CH2][Zr]([CH2]C(=O)CC(=O)OC)([O]C(C)C)[O]C(C)C. The van der Waals surface area contributed by atoms with Crippen molar-refractivity contribution in [3.05, 3.63) is 0 Å². The van der Waals surface area contributed by atoms with E-state index in [-0.39, 0.29) is 20.5 Å². The molecule has 9 heteroatoms. The molecule has 0 aliphatic carbocycles. The molecule has 8 nitrogen and oxygen atoms in total. The minimum absolute atomic E-state index is 0.104. The molecule has 144 valence electrons. The van der Waals surface area contributed by atoms with Crippen LogP contribution in [0.2, 0.25) is 8.26 Å². The van der Waals surface area contributed by atoms with Gasteiger partial charge in [0.15, 0.2) is 0 Å². The number of ketones is 2. The van der Waals surface area contributed by atoms with Crippen LogP contribution >= 0.6 is 0 Å². The summed E-state index contributed by atoms with van der Waals surface area (Å²) in [6.45, 7) is 7.13. The Morgan fingerprint density at radius 1 is 0.720 bits per heavy atom. The molecule has 0 heterocycles. The minimum atomic E-state index is -4.23. The molecule has 0 aliphatic rings. The number of hydrogen-bond donors (Lipinski definition) is 0. The molecule has 0 aliphatic heterocycles. The third kappa shape index (κ3) is 10.6. The van der Waals surface area contributed by atoms with Gasteiger partial charge in [-0.1, -0.05) is 0 Å². The van der Waals surface area contributed by atoms with E-state index in [2.05, 4.69) is 9.47 Å². The molecule has 0 fully saturated rings. The number of hydrogen-bond acceptors (Lipinski definition) is 8. The van der Waals surface area contributed by atoms with Gasteiger partial charge in [0.2, 0.25) is 0 Å². The van der Waals surface area contributed by atoms with Gasteiger partial charge in [-0.3, -0.25) is 0 Å². The van der Waals surface area contributed by atoms with Crippen molar-refractivity contribution in [1.29, 1.82) is 0 Å². The summed E-state index contributed by atoms with van der Waals surface area (Å²) >= 11 is -4.23. The molecular weight excluding hydrogens is 411 g/mol. The first-order valence-electron chi connectivity index (χ1n) is 8.06. The van der Waals surface area contributed by atoms with Gasteiger partial charge in [0.1, 0.15) is 0 Å². The number of Topliss-reactive ketones (excluding diaryl/α,β-unsaturated/α-hetero) is 2. The Labute approximate surface area is 154 Å². The Kier molecular flexibility index (Phi) is 11.2. The van der Waals surface area contributed by atoms with Crippen LogP contribution in [-0.2, 0) is 55.4 Å². The van der Waals surface area contributed by atoms with Crippen molar-refractivity contribution in [3.63, 3.8) is 0 Å². The zero-order chi connectivity index (χ0) is 19.6. The van der Waals surface area contributed by atoms with E-state index in [1.165, 1.54) is 14.2 Å². The van der Waals surface area contributed by atoms with Crippen molar-refractivity contribution in [2.75, 3.05) is 14.2 Å². The maximum absolute atomic E-state index is 12.2. The molecule has 0 aromatic heterocycles. The Morgan fingerprint density at radius 3 is 1.28 bits per heavy atom. The summed E-state index contributed by atoms with van der Waals surface area (Å²) in [6.07, 6.45) is -1.31. The summed E-state index contributed by atoms with van der Waals surface area (Å²) in [4.78, 5) is 47.1. The first-order valence-corrected chi connectivity index (χ1v) is 13.5. The molecule has 0 aromatic carbocycles. The molecule has 0 saturated carbocycles. The number of carbonyl (C=O) groups is 4. The van der Waals surface area contributed by atoms with Crippen molar-refractivity contribution in [1.82, 2.24) is 0 Å². The second-order valence-electron chi connectivity index (χ2n) is 6.18. The van der Waals surface area contributed by atoms with E-state index in [1.54, 1.807) is 27.7 Å². The van der Waals surface area contributed by atoms with Crippen molar-refractivity contribution in [2.45, 2.75) is 61.0 Å². The molecule has 0 radical (unpaired) electrons. The van der Waals surface area contributed by atoms with Crippen LogP contribution in [0, 0.1) is 0 Å². The van der Waals surface area contributed by atoms with E-state index >= 15 is 0 Å². The molecule has 25 heavy (non-hydrogen) atoms. The predicted octanol–water partition coefficient (Wildman–Crippen LogP) is 1.92. The van der Waals surface area contributed by atoms with Gasteiger partial charge in [0.05, 0.1) is 0 Å². The number of esters is 2. The molecule has 0 saturated heterocycles. The van der Waals surface area contributed by atoms with E-state index < -0.39 is 57.5 Å². The molecule has 0 spiro atoms. The average Bonchev–Trinajstić information content (AvgIpc) is 2.44. The number of ether oxygens (including phenoxy) is 2. The van der Waals surface area contributed by atoms with E-state index in [9.17, 15) is 19.2 Å². The van der Waals surface area contributed by atoms with Crippen molar-refractivity contribution in [3.8, 4) is 0 Å². The van der Waals surface area contributed by atoms with E-state index in [0.29, 0.717) is 0 Å². The summed E-state index contributed by atoms with van der Waals surface area (Å²) in [5.74, 6) is -2.09. The number of carbonyl (C=O) groups excluding carboxylic acids is 4.